The van der Waals surface area contributed by atoms with Gasteiger partial charge in [-0.3, -0.25) is 0 Å². The minimum Gasteiger partial charge on any atom is -0.444 e. The van der Waals surface area contributed by atoms with Crippen LogP contribution in [0.1, 0.15) is 57.1 Å². The van der Waals surface area contributed by atoms with Gasteiger partial charge in [-0.2, -0.15) is 0 Å². The van der Waals surface area contributed by atoms with E-state index in [1.807, 2.05) is 51.1 Å². The van der Waals surface area contributed by atoms with E-state index in [9.17, 15) is 13.2 Å². The number of rotatable bonds is 6. The molecule has 1 unspecified atom stereocenters. The molecule has 0 N–H and O–H groups in total. The van der Waals surface area contributed by atoms with Gasteiger partial charge in [-0.25, -0.2) is 13.2 Å². The maximum Gasteiger partial charge on any atom is 0.410 e. The van der Waals surface area contributed by atoms with Crippen molar-refractivity contribution in [2.45, 2.75) is 61.9 Å². The highest BCUT2D eigenvalue weighted by molar-refractivity contribution is 7.91. The lowest BCUT2D eigenvalue weighted by Crippen LogP contribution is -2.44. The Labute approximate surface area is 230 Å². The van der Waals surface area contributed by atoms with Crippen LogP contribution in [0.2, 0.25) is 10.0 Å². The van der Waals surface area contributed by atoms with Crippen molar-refractivity contribution in [2.24, 2.45) is 0 Å². The molecule has 202 valence electrons. The molecule has 1 spiro atoms. The summed E-state index contributed by atoms with van der Waals surface area (Å²) >= 11 is 12.5. The highest BCUT2D eigenvalue weighted by atomic mass is 35.5. The van der Waals surface area contributed by atoms with Gasteiger partial charge in [-0.1, -0.05) is 47.5 Å². The Morgan fingerprint density at radius 3 is 2.43 bits per heavy atom. The minimum absolute atomic E-state index is 0.0377. The summed E-state index contributed by atoms with van der Waals surface area (Å²) in [5.74, 6) is 0.246. The van der Waals surface area contributed by atoms with Crippen LogP contribution in [-0.4, -0.2) is 68.9 Å². The number of halogens is 2. The van der Waals surface area contributed by atoms with Crippen molar-refractivity contribution in [3.8, 4) is 0 Å². The fourth-order valence-electron chi connectivity index (χ4n) is 5.53. The average molecular weight is 568 g/mol. The summed E-state index contributed by atoms with van der Waals surface area (Å²) in [5, 5.41) is 0.989. The molecule has 0 radical (unpaired) electrons. The number of likely N-dealkylation sites (tertiary alicyclic amines) is 1. The number of hydrogen-bond acceptors (Lipinski definition) is 5. The number of ether oxygens (including phenoxy) is 1. The molecule has 2 aliphatic heterocycles. The second-order valence-electron chi connectivity index (χ2n) is 11.4. The van der Waals surface area contributed by atoms with Crippen molar-refractivity contribution >= 4 is 39.1 Å². The van der Waals surface area contributed by atoms with Gasteiger partial charge in [0.15, 0.2) is 9.84 Å². The largest absolute Gasteiger partial charge is 0.444 e. The zero-order valence-corrected chi connectivity index (χ0v) is 24.3. The summed E-state index contributed by atoms with van der Waals surface area (Å²) < 4.78 is 31.2. The second-order valence-corrected chi connectivity index (χ2v) is 14.2. The van der Waals surface area contributed by atoms with Crippen LogP contribution in [-0.2, 0) is 20.0 Å². The van der Waals surface area contributed by atoms with Crippen LogP contribution in [0.5, 0.6) is 0 Å². The van der Waals surface area contributed by atoms with Crippen LogP contribution < -0.4 is 0 Å². The van der Waals surface area contributed by atoms with E-state index in [4.69, 9.17) is 27.9 Å². The number of hydrogen-bond donors (Lipinski definition) is 0. The first-order chi connectivity index (χ1) is 17.3. The monoisotopic (exact) mass is 566 g/mol. The lowest BCUT2D eigenvalue weighted by atomic mass is 9.74. The molecule has 4 rings (SSSR count). The number of piperidine rings is 1. The fourth-order valence-corrected chi connectivity index (χ4v) is 8.07. The van der Waals surface area contributed by atoms with Crippen LogP contribution in [0.3, 0.4) is 0 Å². The maximum atomic E-state index is 12.8. The maximum absolute atomic E-state index is 12.8. The molecule has 2 aromatic carbocycles. The minimum atomic E-state index is -3.23. The van der Waals surface area contributed by atoms with Crippen LogP contribution >= 0.6 is 23.2 Å². The van der Waals surface area contributed by atoms with E-state index in [0.717, 1.165) is 50.0 Å². The Kier molecular flexibility index (Phi) is 8.20. The first-order valence-electron chi connectivity index (χ1n) is 12.7. The smallest absolute Gasteiger partial charge is 0.410 e. The molecule has 9 heteroatoms. The van der Waals surface area contributed by atoms with Crippen molar-refractivity contribution in [1.82, 2.24) is 9.80 Å². The number of carbonyl (C=O) groups is 1. The topological polar surface area (TPSA) is 66.9 Å². The van der Waals surface area contributed by atoms with Gasteiger partial charge in [-0.15, -0.1) is 0 Å². The van der Waals surface area contributed by atoms with Crippen molar-refractivity contribution < 1.29 is 17.9 Å². The Balaban J connectivity index is 1.43. The number of benzene rings is 2. The van der Waals surface area contributed by atoms with Crippen molar-refractivity contribution in [1.29, 1.82) is 0 Å². The molecular weight excluding hydrogens is 531 g/mol. The number of carbonyl (C=O) groups excluding carboxylic acids is 1. The summed E-state index contributed by atoms with van der Waals surface area (Å²) in [4.78, 5) is 17.2. The first kappa shape index (κ1) is 28.2. The van der Waals surface area contributed by atoms with Gasteiger partial charge in [0.1, 0.15) is 5.60 Å². The van der Waals surface area contributed by atoms with E-state index < -0.39 is 15.4 Å². The van der Waals surface area contributed by atoms with Gasteiger partial charge in [0.05, 0.1) is 20.7 Å². The highest BCUT2D eigenvalue weighted by Gasteiger charge is 2.48. The van der Waals surface area contributed by atoms with Crippen LogP contribution in [0.15, 0.2) is 47.4 Å². The number of amides is 1. The summed E-state index contributed by atoms with van der Waals surface area (Å²) in [5.41, 5.74) is 1.16. The Bertz CT molecular complexity index is 1250. The molecule has 0 aliphatic carbocycles. The lowest BCUT2D eigenvalue weighted by Gasteiger charge is -2.40. The molecule has 1 saturated heterocycles. The van der Waals surface area contributed by atoms with Crippen molar-refractivity contribution in [2.75, 3.05) is 39.0 Å². The van der Waals surface area contributed by atoms with E-state index in [1.54, 1.807) is 24.1 Å². The predicted molar refractivity (Wildman–Crippen MR) is 149 cm³/mol. The van der Waals surface area contributed by atoms with Gasteiger partial charge >= 0.3 is 6.09 Å². The molecular formula is C28H36Cl2N2O4S. The first-order valence-corrected chi connectivity index (χ1v) is 15.1. The van der Waals surface area contributed by atoms with Crippen molar-refractivity contribution in [3.05, 3.63) is 63.6 Å². The van der Waals surface area contributed by atoms with E-state index in [0.29, 0.717) is 21.5 Å². The highest BCUT2D eigenvalue weighted by Crippen LogP contribution is 2.46. The van der Waals surface area contributed by atoms with Crippen molar-refractivity contribution in [3.63, 3.8) is 0 Å². The van der Waals surface area contributed by atoms with E-state index in [-0.39, 0.29) is 23.2 Å². The van der Waals surface area contributed by atoms with Gasteiger partial charge in [0.25, 0.3) is 0 Å². The fraction of sp³-hybridized carbons (Fsp3) is 0.536. The normalized spacial score (nSPS) is 19.4. The zero-order valence-electron chi connectivity index (χ0n) is 22.0. The molecule has 2 aromatic rings. The summed E-state index contributed by atoms with van der Waals surface area (Å²) in [7, 11) is -1.48. The number of sulfone groups is 1. The van der Waals surface area contributed by atoms with E-state index in [1.165, 1.54) is 0 Å². The lowest BCUT2D eigenvalue weighted by molar-refractivity contribution is 0.0284. The molecule has 0 aromatic heterocycles. The molecule has 1 amide bonds. The summed E-state index contributed by atoms with van der Waals surface area (Å²) in [6.07, 6.45) is 2.09. The molecule has 1 atom stereocenters. The number of fused-ring (bicyclic) bond motifs is 2. The van der Waals surface area contributed by atoms with Crippen LogP contribution in [0, 0.1) is 0 Å². The molecule has 0 bridgehead atoms. The Morgan fingerprint density at radius 1 is 1.11 bits per heavy atom. The van der Waals surface area contributed by atoms with Gasteiger partial charge in [0, 0.05) is 24.9 Å². The second kappa shape index (κ2) is 10.8. The third kappa shape index (κ3) is 6.44. The van der Waals surface area contributed by atoms with Gasteiger partial charge in [-0.05, 0) is 89.0 Å². The van der Waals surface area contributed by atoms with Gasteiger partial charge < -0.3 is 14.5 Å². The van der Waals surface area contributed by atoms with Gasteiger partial charge in [0.2, 0.25) is 0 Å². The zero-order chi connectivity index (χ0) is 27.0. The van der Waals surface area contributed by atoms with Crippen LogP contribution in [0.25, 0.3) is 0 Å². The predicted octanol–water partition coefficient (Wildman–Crippen LogP) is 6.16. The number of likely N-dealkylation sites (N-methyl/N-ethyl adjacent to an activating group) is 1. The third-order valence-corrected chi connectivity index (χ3v) is 10.2. The Hall–Kier alpha value is -1.80. The molecule has 6 nitrogen and oxygen atoms in total. The summed E-state index contributed by atoms with van der Waals surface area (Å²) in [6.45, 7) is 8.54. The molecule has 37 heavy (non-hydrogen) atoms. The Morgan fingerprint density at radius 2 is 1.78 bits per heavy atom. The average Bonchev–Trinajstić information content (AvgIpc) is 3.05. The molecule has 1 fully saturated rings. The standard InChI is InChI=1S/C28H36Cl2N2O4S/c1-27(2,3)36-26(33)31(4)18-21(20-9-10-23(29)24(30)17-20)11-14-32-15-12-28(13-16-32)19-37(34,35)25-8-6-5-7-22(25)28/h5-10,17,21H,11-16,18-19H2,1-4H3. The third-order valence-electron chi connectivity index (χ3n) is 7.48. The summed E-state index contributed by atoms with van der Waals surface area (Å²) in [6, 6.07) is 13.1. The van der Waals surface area contributed by atoms with E-state index in [2.05, 4.69) is 4.90 Å². The van der Waals surface area contributed by atoms with E-state index >= 15 is 0 Å². The quantitative estimate of drug-likeness (QED) is 0.419. The molecule has 2 heterocycles. The molecule has 0 saturated carbocycles. The molecule has 2 aliphatic rings. The SMILES string of the molecule is CN(CC(CCN1CCC2(CC1)CS(=O)(=O)c1ccccc12)c1ccc(Cl)c(Cl)c1)C(=O)OC(C)(C)C. The number of nitrogens with zero attached hydrogens (tertiary/aromatic N) is 2. The van der Waals surface area contributed by atoms with Crippen LogP contribution in [0.4, 0.5) is 4.79 Å².